The number of hydrogen-bond donors (Lipinski definition) is 0. The number of halogens is 5. The smallest absolute Gasteiger partial charge is 0.309 e. The maximum Gasteiger partial charge on any atom is 0.420 e. The first-order chi connectivity index (χ1) is 27.7. The topological polar surface area (TPSA) is 9.86 Å². The van der Waals surface area contributed by atoms with E-state index in [-0.39, 0.29) is 44.2 Å². The number of benzene rings is 6. The summed E-state index contributed by atoms with van der Waals surface area (Å²) in [4.78, 5) is 0. The zero-order valence-corrected chi connectivity index (χ0v) is 36.6. The molecule has 60 heavy (non-hydrogen) atoms. The van der Waals surface area contributed by atoms with Gasteiger partial charge in [0.2, 0.25) is 0 Å². The van der Waals surface area contributed by atoms with Gasteiger partial charge in [-0.15, -0.1) is 0 Å². The van der Waals surface area contributed by atoms with Crippen molar-refractivity contribution in [2.75, 3.05) is 0 Å². The molecule has 0 atom stereocenters. The Morgan fingerprint density at radius 3 is 0.983 bits per heavy atom. The molecule has 0 radical (unpaired) electrons. The van der Waals surface area contributed by atoms with Gasteiger partial charge in [0.05, 0.1) is 33.4 Å². The quantitative estimate of drug-likeness (QED) is 0.157. The lowest BCUT2D eigenvalue weighted by Crippen LogP contribution is -2.17. The van der Waals surface area contributed by atoms with Crippen LogP contribution in [0.5, 0.6) is 0 Å². The molecule has 0 aliphatic rings. The van der Waals surface area contributed by atoms with Gasteiger partial charge in [0.15, 0.2) is 0 Å². The highest BCUT2D eigenvalue weighted by Crippen LogP contribution is 2.48. The van der Waals surface area contributed by atoms with Gasteiger partial charge >= 0.3 is 6.18 Å². The summed E-state index contributed by atoms with van der Waals surface area (Å²) in [7, 11) is 0. The van der Waals surface area contributed by atoms with E-state index in [1.54, 1.807) is 9.13 Å². The van der Waals surface area contributed by atoms with Gasteiger partial charge in [-0.25, -0.2) is 8.78 Å². The molecule has 6 aromatic carbocycles. The Labute approximate surface area is 349 Å². The summed E-state index contributed by atoms with van der Waals surface area (Å²) in [6, 6.07) is 29.9. The Morgan fingerprint density at radius 1 is 0.383 bits per heavy atom. The van der Waals surface area contributed by atoms with Crippen molar-refractivity contribution in [1.29, 1.82) is 0 Å². The molecule has 0 saturated carbocycles. The molecule has 7 heteroatoms. The van der Waals surface area contributed by atoms with E-state index in [1.165, 1.54) is 12.1 Å². The van der Waals surface area contributed by atoms with Crippen molar-refractivity contribution in [2.24, 2.45) is 0 Å². The van der Waals surface area contributed by atoms with Crippen molar-refractivity contribution in [2.45, 2.75) is 111 Å². The highest BCUT2D eigenvalue weighted by atomic mass is 19.4. The summed E-state index contributed by atoms with van der Waals surface area (Å²) < 4.78 is 84.7. The third kappa shape index (κ3) is 6.98. The van der Waals surface area contributed by atoms with Crippen molar-refractivity contribution in [3.63, 3.8) is 0 Å². The molecule has 310 valence electrons. The van der Waals surface area contributed by atoms with Crippen LogP contribution in [0.2, 0.25) is 0 Å². The Hall–Kier alpha value is -5.43. The maximum absolute atomic E-state index is 16.7. The van der Waals surface area contributed by atoms with Crippen LogP contribution in [0.4, 0.5) is 22.0 Å². The minimum atomic E-state index is -4.91. The third-order valence-electron chi connectivity index (χ3n) is 12.1. The number of alkyl halides is 3. The van der Waals surface area contributed by atoms with E-state index in [2.05, 4.69) is 83.1 Å². The number of nitrogens with zero attached hydrogens (tertiary/aromatic N) is 2. The standard InChI is InChI=1S/C53H53F5N2/c1-49(2,3)31-13-18-36-37-19-14-32(50(4,5)6)26-43(37)59(42(36)25-31)46-23-30(40-29-35(54)17-22-41(40)55)24-47(48(46)53(56,57)58)60-44-27-33(51(7,8)9)15-20-38(44)39-21-16-34(28-45(39)60)52(10,11)12/h13-29H,1-12H3. The van der Waals surface area contributed by atoms with Gasteiger partial charge in [-0.3, -0.25) is 0 Å². The first-order valence-electron chi connectivity index (χ1n) is 20.6. The second kappa shape index (κ2) is 13.5. The summed E-state index contributed by atoms with van der Waals surface area (Å²) >= 11 is 0. The Bertz CT molecular complexity index is 2700. The van der Waals surface area contributed by atoms with E-state index in [0.717, 1.165) is 62.0 Å². The number of aromatic nitrogens is 2. The van der Waals surface area contributed by atoms with Crippen LogP contribution in [0, 0.1) is 11.6 Å². The highest BCUT2D eigenvalue weighted by molar-refractivity contribution is 6.11. The molecule has 0 fully saturated rings. The molecule has 0 aliphatic heterocycles. The minimum absolute atomic E-state index is 0.118. The van der Waals surface area contributed by atoms with Crippen LogP contribution in [0.1, 0.15) is 111 Å². The number of hydrogen-bond acceptors (Lipinski definition) is 0. The largest absolute Gasteiger partial charge is 0.420 e. The molecule has 2 nitrogen and oxygen atoms in total. The molecule has 8 rings (SSSR count). The van der Waals surface area contributed by atoms with E-state index in [1.807, 2.05) is 72.8 Å². The number of rotatable bonds is 3. The molecule has 0 bridgehead atoms. The third-order valence-corrected chi connectivity index (χ3v) is 12.1. The van der Waals surface area contributed by atoms with Gasteiger partial charge in [0, 0.05) is 27.1 Å². The zero-order valence-electron chi connectivity index (χ0n) is 36.6. The average Bonchev–Trinajstić information content (AvgIpc) is 3.64. The lowest BCUT2D eigenvalue weighted by molar-refractivity contribution is -0.137. The van der Waals surface area contributed by atoms with Crippen molar-refractivity contribution in [3.8, 4) is 22.5 Å². The molecule has 0 amide bonds. The van der Waals surface area contributed by atoms with E-state index in [4.69, 9.17) is 0 Å². The monoisotopic (exact) mass is 812 g/mol. The van der Waals surface area contributed by atoms with Gasteiger partial charge < -0.3 is 9.13 Å². The molecule has 0 saturated heterocycles. The fourth-order valence-electron chi connectivity index (χ4n) is 8.55. The van der Waals surface area contributed by atoms with Crippen LogP contribution in [0.25, 0.3) is 66.1 Å². The molecule has 0 aliphatic carbocycles. The molecule has 0 N–H and O–H groups in total. The predicted octanol–water partition coefficient (Wildman–Crippen LogP) is 16.0. The first-order valence-corrected chi connectivity index (χ1v) is 20.6. The van der Waals surface area contributed by atoms with Crippen LogP contribution in [-0.4, -0.2) is 9.13 Å². The minimum Gasteiger partial charge on any atom is -0.309 e. The van der Waals surface area contributed by atoms with Gasteiger partial charge in [-0.05, 0) is 104 Å². The molecule has 8 aromatic rings. The fraction of sp³-hybridized carbons (Fsp3) is 0.321. The summed E-state index contributed by atoms with van der Waals surface area (Å²) in [5.41, 5.74) is 3.59. The Balaban J connectivity index is 1.66. The molecular formula is C53H53F5N2. The second-order valence-electron chi connectivity index (χ2n) is 20.6. The normalized spacial score (nSPS) is 13.4. The van der Waals surface area contributed by atoms with Crippen LogP contribution in [0.15, 0.2) is 103 Å². The molecule has 2 heterocycles. The summed E-state index contributed by atoms with van der Waals surface area (Å²) in [6.45, 7) is 24.9. The Kier molecular flexibility index (Phi) is 9.32. The van der Waals surface area contributed by atoms with Crippen LogP contribution in [0.3, 0.4) is 0 Å². The fourth-order valence-corrected chi connectivity index (χ4v) is 8.55. The Morgan fingerprint density at radius 2 is 0.700 bits per heavy atom. The SMILES string of the molecule is CC(C)(C)c1ccc2c3ccc(C(C)(C)C)cc3n(-c3cc(-c4cc(F)ccc4F)cc(-n4c5cc(C(C)(C)C)ccc5c5ccc(C(C)(C)C)cc54)c3C(F)(F)F)c2c1. The zero-order chi connectivity index (χ0) is 43.6. The van der Waals surface area contributed by atoms with Gasteiger partial charge in [-0.1, -0.05) is 132 Å². The summed E-state index contributed by atoms with van der Waals surface area (Å²) in [6.07, 6.45) is -4.91. The van der Waals surface area contributed by atoms with Crippen molar-refractivity contribution >= 4 is 43.6 Å². The lowest BCUT2D eigenvalue weighted by Gasteiger charge is -2.25. The maximum atomic E-state index is 16.7. The molecule has 0 unspecified atom stereocenters. The van der Waals surface area contributed by atoms with E-state index in [0.29, 0.717) is 22.1 Å². The molecule has 2 aromatic heterocycles. The van der Waals surface area contributed by atoms with Gasteiger partial charge in [0.1, 0.15) is 17.2 Å². The van der Waals surface area contributed by atoms with Gasteiger partial charge in [0.25, 0.3) is 0 Å². The number of fused-ring (bicyclic) bond motifs is 6. The van der Waals surface area contributed by atoms with Gasteiger partial charge in [-0.2, -0.15) is 13.2 Å². The highest BCUT2D eigenvalue weighted by Gasteiger charge is 2.40. The van der Waals surface area contributed by atoms with Crippen molar-refractivity contribution < 1.29 is 22.0 Å². The van der Waals surface area contributed by atoms with Crippen LogP contribution in [-0.2, 0) is 27.8 Å². The van der Waals surface area contributed by atoms with Crippen LogP contribution >= 0.6 is 0 Å². The predicted molar refractivity (Wildman–Crippen MR) is 240 cm³/mol. The van der Waals surface area contributed by atoms with E-state index in [9.17, 15) is 0 Å². The summed E-state index contributed by atoms with van der Waals surface area (Å²) in [5, 5.41) is 3.16. The molecular weight excluding hydrogens is 760 g/mol. The second-order valence-corrected chi connectivity index (χ2v) is 20.6. The van der Waals surface area contributed by atoms with E-state index < -0.39 is 23.4 Å². The lowest BCUT2D eigenvalue weighted by atomic mass is 9.86. The van der Waals surface area contributed by atoms with Crippen molar-refractivity contribution in [3.05, 3.63) is 143 Å². The van der Waals surface area contributed by atoms with Crippen molar-refractivity contribution in [1.82, 2.24) is 9.13 Å². The van der Waals surface area contributed by atoms with E-state index >= 15 is 22.0 Å². The first kappa shape index (κ1) is 41.3. The summed E-state index contributed by atoms with van der Waals surface area (Å²) in [5.74, 6) is -1.44. The molecule has 0 spiro atoms. The van der Waals surface area contributed by atoms with Crippen LogP contribution < -0.4 is 0 Å². The average molecular weight is 813 g/mol.